The molecule has 2 aliphatic rings. The van der Waals surface area contributed by atoms with E-state index in [-0.39, 0.29) is 24.0 Å². The van der Waals surface area contributed by atoms with Crippen LogP contribution in [0.3, 0.4) is 0 Å². The van der Waals surface area contributed by atoms with Crippen LogP contribution in [0.15, 0.2) is 21.8 Å². The van der Waals surface area contributed by atoms with Crippen molar-refractivity contribution in [1.29, 1.82) is 0 Å². The number of hydrogen-bond donors (Lipinski definition) is 1. The third-order valence-electron chi connectivity index (χ3n) is 5.54. The first kappa shape index (κ1) is 23.4. The number of piperidine rings is 1. The van der Waals surface area contributed by atoms with Crippen LogP contribution in [-0.4, -0.2) is 85.2 Å². The zero-order valence-electron chi connectivity index (χ0n) is 17.6. The Morgan fingerprint density at radius 1 is 1.25 bits per heavy atom. The molecule has 28 heavy (non-hydrogen) atoms. The summed E-state index contributed by atoms with van der Waals surface area (Å²) in [4.78, 5) is 12.0. The molecule has 1 unspecified atom stereocenters. The highest BCUT2D eigenvalue weighted by Crippen LogP contribution is 2.17. The van der Waals surface area contributed by atoms with E-state index in [1.807, 2.05) is 13.1 Å². The number of rotatable bonds is 6. The first-order chi connectivity index (χ1) is 13.1. The lowest BCUT2D eigenvalue weighted by Crippen LogP contribution is -2.53. The molecule has 160 valence electrons. The van der Waals surface area contributed by atoms with E-state index in [0.717, 1.165) is 62.8 Å². The molecule has 0 radical (unpaired) electrons. The maximum Gasteiger partial charge on any atom is 0.193 e. The summed E-state index contributed by atoms with van der Waals surface area (Å²) in [5.41, 5.74) is 1.01. The van der Waals surface area contributed by atoms with E-state index in [4.69, 9.17) is 4.52 Å². The summed E-state index contributed by atoms with van der Waals surface area (Å²) >= 11 is 0. The standard InChI is InChI=1S/C20H36N6O.HI/c1-17(2)14-25-7-4-5-18(15-25)13-22-20(21-3)26-10-8-24(9-11-26)16-19-6-12-27-23-19;/h6,12,17-18H,4-5,7-11,13-16H2,1-3H3,(H,21,22);1H. The minimum absolute atomic E-state index is 0. The number of halogens is 1. The van der Waals surface area contributed by atoms with E-state index in [0.29, 0.717) is 0 Å². The lowest BCUT2D eigenvalue weighted by atomic mass is 9.97. The van der Waals surface area contributed by atoms with Crippen molar-refractivity contribution in [1.82, 2.24) is 25.2 Å². The molecular weight excluding hydrogens is 467 g/mol. The molecule has 3 rings (SSSR count). The molecule has 1 aromatic heterocycles. The molecule has 7 nitrogen and oxygen atoms in total. The van der Waals surface area contributed by atoms with Gasteiger partial charge in [-0.15, -0.1) is 24.0 Å². The lowest BCUT2D eigenvalue weighted by molar-refractivity contribution is 0.155. The number of aliphatic imine (C=N–C) groups is 1. The molecule has 1 aromatic rings. The van der Waals surface area contributed by atoms with Crippen molar-refractivity contribution in [3.05, 3.63) is 18.0 Å². The van der Waals surface area contributed by atoms with Gasteiger partial charge in [-0.1, -0.05) is 19.0 Å². The molecule has 0 amide bonds. The molecule has 0 aliphatic carbocycles. The van der Waals surface area contributed by atoms with Crippen molar-refractivity contribution >= 4 is 29.9 Å². The van der Waals surface area contributed by atoms with Gasteiger partial charge in [-0.05, 0) is 31.2 Å². The number of guanidine groups is 1. The van der Waals surface area contributed by atoms with Gasteiger partial charge >= 0.3 is 0 Å². The van der Waals surface area contributed by atoms with E-state index in [9.17, 15) is 0 Å². The zero-order valence-corrected chi connectivity index (χ0v) is 20.0. The highest BCUT2D eigenvalue weighted by atomic mass is 127. The van der Waals surface area contributed by atoms with Gasteiger partial charge in [0, 0.05) is 65.5 Å². The van der Waals surface area contributed by atoms with Crippen LogP contribution in [0, 0.1) is 11.8 Å². The van der Waals surface area contributed by atoms with Gasteiger partial charge in [0.25, 0.3) is 0 Å². The summed E-state index contributed by atoms with van der Waals surface area (Å²) in [5.74, 6) is 2.53. The molecule has 1 N–H and O–H groups in total. The molecule has 0 spiro atoms. The predicted octanol–water partition coefficient (Wildman–Crippen LogP) is 2.35. The highest BCUT2D eigenvalue weighted by Gasteiger charge is 2.23. The smallest absolute Gasteiger partial charge is 0.193 e. The lowest BCUT2D eigenvalue weighted by Gasteiger charge is -2.37. The van der Waals surface area contributed by atoms with E-state index in [1.165, 1.54) is 32.5 Å². The van der Waals surface area contributed by atoms with Gasteiger partial charge in [-0.25, -0.2) is 0 Å². The fourth-order valence-electron chi connectivity index (χ4n) is 4.23. The molecule has 0 aromatic carbocycles. The molecule has 2 aliphatic heterocycles. The van der Waals surface area contributed by atoms with Crippen LogP contribution in [0.1, 0.15) is 32.4 Å². The number of piperazine rings is 1. The van der Waals surface area contributed by atoms with E-state index in [1.54, 1.807) is 6.26 Å². The number of nitrogens with one attached hydrogen (secondary N) is 1. The minimum atomic E-state index is 0. The van der Waals surface area contributed by atoms with Crippen molar-refractivity contribution in [3.63, 3.8) is 0 Å². The van der Waals surface area contributed by atoms with Crippen LogP contribution in [0.25, 0.3) is 0 Å². The Balaban J connectivity index is 0.00000280. The Labute approximate surface area is 186 Å². The molecule has 2 saturated heterocycles. The molecule has 0 bridgehead atoms. The summed E-state index contributed by atoms with van der Waals surface area (Å²) in [5, 5.41) is 7.66. The Kier molecular flexibility index (Phi) is 10.0. The van der Waals surface area contributed by atoms with Crippen LogP contribution < -0.4 is 5.32 Å². The largest absolute Gasteiger partial charge is 0.364 e. The van der Waals surface area contributed by atoms with E-state index < -0.39 is 0 Å². The summed E-state index contributed by atoms with van der Waals surface area (Å²) in [6.45, 7) is 14.3. The zero-order chi connectivity index (χ0) is 19.1. The van der Waals surface area contributed by atoms with Crippen LogP contribution in [0.2, 0.25) is 0 Å². The number of aromatic nitrogens is 1. The summed E-state index contributed by atoms with van der Waals surface area (Å²) in [6, 6.07) is 1.94. The normalized spacial score (nSPS) is 22.4. The maximum atomic E-state index is 4.93. The Hall–Kier alpha value is -0.870. The molecule has 2 fully saturated rings. The van der Waals surface area contributed by atoms with Crippen LogP contribution >= 0.6 is 24.0 Å². The average Bonchev–Trinajstić information content (AvgIpc) is 3.16. The summed E-state index contributed by atoms with van der Waals surface area (Å²) < 4.78 is 4.93. The summed E-state index contributed by atoms with van der Waals surface area (Å²) in [6.07, 6.45) is 4.29. The fraction of sp³-hybridized carbons (Fsp3) is 0.800. The molecule has 8 heteroatoms. The average molecular weight is 504 g/mol. The first-order valence-electron chi connectivity index (χ1n) is 10.4. The summed E-state index contributed by atoms with van der Waals surface area (Å²) in [7, 11) is 1.90. The SMILES string of the molecule is CN=C(NCC1CCCN(CC(C)C)C1)N1CCN(Cc2ccon2)CC1.I. The third-order valence-corrected chi connectivity index (χ3v) is 5.54. The van der Waals surface area contributed by atoms with Crippen molar-refractivity contribution in [2.45, 2.75) is 33.2 Å². The molecule has 0 saturated carbocycles. The Morgan fingerprint density at radius 2 is 2.04 bits per heavy atom. The van der Waals surface area contributed by atoms with Crippen LogP contribution in [0.5, 0.6) is 0 Å². The quantitative estimate of drug-likeness (QED) is 0.365. The number of nitrogens with zero attached hydrogens (tertiary/aromatic N) is 5. The van der Waals surface area contributed by atoms with Crippen molar-refractivity contribution in [2.24, 2.45) is 16.8 Å². The van der Waals surface area contributed by atoms with Gasteiger partial charge in [0.05, 0.1) is 5.69 Å². The van der Waals surface area contributed by atoms with Crippen LogP contribution in [0.4, 0.5) is 0 Å². The van der Waals surface area contributed by atoms with E-state index in [2.05, 4.69) is 44.0 Å². The van der Waals surface area contributed by atoms with Gasteiger partial charge in [-0.3, -0.25) is 9.89 Å². The number of likely N-dealkylation sites (tertiary alicyclic amines) is 1. The minimum Gasteiger partial charge on any atom is -0.364 e. The van der Waals surface area contributed by atoms with Crippen molar-refractivity contribution in [3.8, 4) is 0 Å². The van der Waals surface area contributed by atoms with Crippen LogP contribution in [-0.2, 0) is 6.54 Å². The van der Waals surface area contributed by atoms with Gasteiger partial charge in [-0.2, -0.15) is 0 Å². The van der Waals surface area contributed by atoms with E-state index >= 15 is 0 Å². The second-order valence-electron chi connectivity index (χ2n) is 8.34. The molecular formula is C20H37IN6O. The Bertz CT molecular complexity index is 571. The third kappa shape index (κ3) is 7.18. The van der Waals surface area contributed by atoms with Crippen molar-refractivity contribution in [2.75, 3.05) is 59.4 Å². The number of hydrogen-bond acceptors (Lipinski definition) is 5. The maximum absolute atomic E-state index is 4.93. The van der Waals surface area contributed by atoms with Gasteiger partial charge in [0.2, 0.25) is 0 Å². The second-order valence-corrected chi connectivity index (χ2v) is 8.34. The second kappa shape index (κ2) is 12.0. The van der Waals surface area contributed by atoms with Gasteiger partial charge in [0.15, 0.2) is 5.96 Å². The fourth-order valence-corrected chi connectivity index (χ4v) is 4.23. The molecule has 3 heterocycles. The predicted molar refractivity (Wildman–Crippen MR) is 124 cm³/mol. The van der Waals surface area contributed by atoms with Gasteiger partial charge < -0.3 is 19.6 Å². The van der Waals surface area contributed by atoms with Crippen molar-refractivity contribution < 1.29 is 4.52 Å². The van der Waals surface area contributed by atoms with Gasteiger partial charge in [0.1, 0.15) is 6.26 Å². The molecule has 1 atom stereocenters. The topological polar surface area (TPSA) is 60.1 Å². The Morgan fingerprint density at radius 3 is 2.68 bits per heavy atom. The first-order valence-corrected chi connectivity index (χ1v) is 10.4. The monoisotopic (exact) mass is 504 g/mol. The highest BCUT2D eigenvalue weighted by molar-refractivity contribution is 14.0.